The Labute approximate surface area is 234 Å². The highest BCUT2D eigenvalue weighted by Crippen LogP contribution is 2.11. The van der Waals surface area contributed by atoms with Crippen LogP contribution in [0.3, 0.4) is 0 Å². The van der Waals surface area contributed by atoms with E-state index in [1.165, 1.54) is 11.8 Å². The second-order valence-corrected chi connectivity index (χ2v) is 10.6. The summed E-state index contributed by atoms with van der Waals surface area (Å²) in [6.07, 6.45) is 3.25. The molecule has 5 unspecified atom stereocenters. The van der Waals surface area contributed by atoms with Crippen molar-refractivity contribution in [2.24, 2.45) is 11.7 Å². The lowest BCUT2D eigenvalue weighted by Gasteiger charge is -2.26. The fourth-order valence-corrected chi connectivity index (χ4v) is 4.48. The van der Waals surface area contributed by atoms with E-state index >= 15 is 0 Å². The zero-order valence-electron chi connectivity index (χ0n) is 22.8. The van der Waals surface area contributed by atoms with Gasteiger partial charge in [-0.2, -0.15) is 11.8 Å². The SMILES string of the molecule is CCC(C)C(NC(=O)C(Cc1ccccc1)NC(=O)C(CCSC)NC(=O)C(N)Cc1ccccc1)C(=O)O. The Kier molecular flexibility index (Phi) is 13.5. The average molecular weight is 557 g/mol. The van der Waals surface area contributed by atoms with E-state index in [0.29, 0.717) is 25.0 Å². The summed E-state index contributed by atoms with van der Waals surface area (Å²) in [6.45, 7) is 3.59. The Hall–Kier alpha value is -3.37. The maximum absolute atomic E-state index is 13.4. The van der Waals surface area contributed by atoms with Gasteiger partial charge in [0.1, 0.15) is 18.1 Å². The first-order valence-electron chi connectivity index (χ1n) is 13.1. The molecule has 3 amide bonds. The highest BCUT2D eigenvalue weighted by Gasteiger charge is 2.32. The topological polar surface area (TPSA) is 151 Å². The van der Waals surface area contributed by atoms with Crippen molar-refractivity contribution < 1.29 is 24.3 Å². The molecule has 0 aliphatic heterocycles. The van der Waals surface area contributed by atoms with Gasteiger partial charge in [0.2, 0.25) is 17.7 Å². The lowest BCUT2D eigenvalue weighted by molar-refractivity contribution is -0.143. The van der Waals surface area contributed by atoms with Gasteiger partial charge in [0, 0.05) is 6.42 Å². The van der Waals surface area contributed by atoms with Gasteiger partial charge in [-0.15, -0.1) is 0 Å². The number of benzene rings is 2. The van der Waals surface area contributed by atoms with Crippen molar-refractivity contribution >= 4 is 35.5 Å². The summed E-state index contributed by atoms with van der Waals surface area (Å²) < 4.78 is 0. The van der Waals surface area contributed by atoms with Gasteiger partial charge in [0.25, 0.3) is 0 Å². The molecule has 0 bridgehead atoms. The monoisotopic (exact) mass is 556 g/mol. The molecule has 0 radical (unpaired) electrons. The molecule has 9 nitrogen and oxygen atoms in total. The summed E-state index contributed by atoms with van der Waals surface area (Å²) in [5.41, 5.74) is 7.83. The normalized spacial score (nSPS) is 14.8. The molecule has 0 aromatic heterocycles. The number of rotatable bonds is 16. The fourth-order valence-electron chi connectivity index (χ4n) is 4.01. The number of hydrogen-bond donors (Lipinski definition) is 5. The Morgan fingerprint density at radius 3 is 1.85 bits per heavy atom. The van der Waals surface area contributed by atoms with Crippen LogP contribution in [-0.2, 0) is 32.0 Å². The predicted octanol–water partition coefficient (Wildman–Crippen LogP) is 2.14. The number of carboxylic acids is 1. The zero-order chi connectivity index (χ0) is 28.8. The smallest absolute Gasteiger partial charge is 0.326 e. The van der Waals surface area contributed by atoms with Gasteiger partial charge in [-0.25, -0.2) is 4.79 Å². The molecule has 212 valence electrons. The largest absolute Gasteiger partial charge is 0.480 e. The maximum Gasteiger partial charge on any atom is 0.326 e. The minimum Gasteiger partial charge on any atom is -0.480 e. The van der Waals surface area contributed by atoms with E-state index in [4.69, 9.17) is 5.73 Å². The Bertz CT molecular complexity index is 1070. The molecule has 0 saturated heterocycles. The second-order valence-electron chi connectivity index (χ2n) is 9.60. The molecule has 0 aliphatic rings. The number of hydrogen-bond acceptors (Lipinski definition) is 6. The number of nitrogens with one attached hydrogen (secondary N) is 3. The van der Waals surface area contributed by atoms with Crippen LogP contribution in [0.25, 0.3) is 0 Å². The van der Waals surface area contributed by atoms with Crippen LogP contribution in [0, 0.1) is 5.92 Å². The van der Waals surface area contributed by atoms with Crippen molar-refractivity contribution in [2.45, 2.75) is 63.7 Å². The van der Waals surface area contributed by atoms with Crippen LogP contribution in [0.2, 0.25) is 0 Å². The highest BCUT2D eigenvalue weighted by atomic mass is 32.2. The van der Waals surface area contributed by atoms with Gasteiger partial charge >= 0.3 is 5.97 Å². The van der Waals surface area contributed by atoms with Crippen molar-refractivity contribution in [1.29, 1.82) is 0 Å². The van der Waals surface area contributed by atoms with E-state index in [1.807, 2.05) is 73.8 Å². The van der Waals surface area contributed by atoms with Crippen LogP contribution in [-0.4, -0.2) is 65.0 Å². The van der Waals surface area contributed by atoms with Gasteiger partial charge in [0.15, 0.2) is 0 Å². The first-order valence-corrected chi connectivity index (χ1v) is 14.5. The number of thioether (sulfide) groups is 1. The Balaban J connectivity index is 2.20. The average Bonchev–Trinajstić information content (AvgIpc) is 2.93. The summed E-state index contributed by atoms with van der Waals surface area (Å²) in [5, 5.41) is 17.8. The second kappa shape index (κ2) is 16.6. The standard InChI is InChI=1S/C29H40N4O5S/c1-4-19(2)25(29(37)38)33-28(36)24(18-21-13-9-6-10-14-21)32-27(35)23(15-16-39-3)31-26(34)22(30)17-20-11-7-5-8-12-20/h5-14,19,22-25H,4,15-18,30H2,1-3H3,(H,31,34)(H,32,35)(H,33,36)(H,37,38). The molecule has 2 aromatic carbocycles. The Morgan fingerprint density at radius 2 is 1.33 bits per heavy atom. The van der Waals surface area contributed by atoms with Crippen LogP contribution >= 0.6 is 11.8 Å². The highest BCUT2D eigenvalue weighted by molar-refractivity contribution is 7.98. The number of carbonyl (C=O) groups excluding carboxylic acids is 3. The minimum atomic E-state index is -1.14. The number of nitrogens with two attached hydrogens (primary N) is 1. The lowest BCUT2D eigenvalue weighted by atomic mass is 9.98. The molecular weight excluding hydrogens is 516 g/mol. The molecule has 5 atom stereocenters. The van der Waals surface area contributed by atoms with Crippen LogP contribution in [0.5, 0.6) is 0 Å². The van der Waals surface area contributed by atoms with E-state index in [0.717, 1.165) is 11.1 Å². The van der Waals surface area contributed by atoms with Crippen LogP contribution in [0.15, 0.2) is 60.7 Å². The number of carboxylic acid groups (broad SMARTS) is 1. The minimum absolute atomic E-state index is 0.155. The number of amides is 3. The van der Waals surface area contributed by atoms with Gasteiger partial charge in [-0.05, 0) is 41.9 Å². The molecule has 2 rings (SSSR count). The van der Waals surface area contributed by atoms with Gasteiger partial charge in [-0.3, -0.25) is 14.4 Å². The molecule has 6 N–H and O–H groups in total. The van der Waals surface area contributed by atoms with Crippen molar-refractivity contribution in [2.75, 3.05) is 12.0 Å². The summed E-state index contributed by atoms with van der Waals surface area (Å²) in [5.74, 6) is -2.45. The zero-order valence-corrected chi connectivity index (χ0v) is 23.6. The predicted molar refractivity (Wildman–Crippen MR) is 154 cm³/mol. The lowest BCUT2D eigenvalue weighted by Crippen LogP contribution is -2.58. The number of carbonyl (C=O) groups is 4. The summed E-state index contributed by atoms with van der Waals surface area (Å²) in [7, 11) is 0. The van der Waals surface area contributed by atoms with Crippen molar-refractivity contribution in [1.82, 2.24) is 16.0 Å². The molecule has 0 aliphatic carbocycles. The molecule has 0 fully saturated rings. The fraction of sp³-hybridized carbons (Fsp3) is 0.448. The number of aliphatic carboxylic acids is 1. The van der Waals surface area contributed by atoms with Gasteiger partial charge in [-0.1, -0.05) is 80.9 Å². The summed E-state index contributed by atoms with van der Waals surface area (Å²) in [4.78, 5) is 51.4. The van der Waals surface area contributed by atoms with E-state index in [1.54, 1.807) is 6.92 Å². The van der Waals surface area contributed by atoms with Crippen molar-refractivity contribution in [3.05, 3.63) is 71.8 Å². The third-order valence-corrected chi connectivity index (χ3v) is 7.22. The molecule has 2 aromatic rings. The van der Waals surface area contributed by atoms with E-state index in [2.05, 4.69) is 16.0 Å². The molecule has 0 saturated carbocycles. The van der Waals surface area contributed by atoms with E-state index in [-0.39, 0.29) is 12.3 Å². The first kappa shape index (κ1) is 31.8. The van der Waals surface area contributed by atoms with Crippen LogP contribution in [0.1, 0.15) is 37.8 Å². The molecule has 0 spiro atoms. The molecule has 10 heteroatoms. The quantitative estimate of drug-likeness (QED) is 0.213. The van der Waals surface area contributed by atoms with Crippen LogP contribution in [0.4, 0.5) is 0 Å². The summed E-state index contributed by atoms with van der Waals surface area (Å²) in [6, 6.07) is 14.6. The van der Waals surface area contributed by atoms with Crippen molar-refractivity contribution in [3.63, 3.8) is 0 Å². The molecule has 39 heavy (non-hydrogen) atoms. The van der Waals surface area contributed by atoms with Crippen LogP contribution < -0.4 is 21.7 Å². The third kappa shape index (κ3) is 10.7. The Morgan fingerprint density at radius 1 is 0.821 bits per heavy atom. The third-order valence-electron chi connectivity index (χ3n) is 6.57. The molecular formula is C29H40N4O5S. The first-order chi connectivity index (χ1) is 18.7. The molecule has 0 heterocycles. The van der Waals surface area contributed by atoms with Gasteiger partial charge in [0.05, 0.1) is 6.04 Å². The van der Waals surface area contributed by atoms with Gasteiger partial charge < -0.3 is 26.8 Å². The van der Waals surface area contributed by atoms with E-state index in [9.17, 15) is 24.3 Å². The van der Waals surface area contributed by atoms with Crippen molar-refractivity contribution in [3.8, 4) is 0 Å². The van der Waals surface area contributed by atoms with E-state index < -0.39 is 47.9 Å². The summed E-state index contributed by atoms with van der Waals surface area (Å²) >= 11 is 1.52. The maximum atomic E-state index is 13.4.